The summed E-state index contributed by atoms with van der Waals surface area (Å²) in [6, 6.07) is 10.5. The van der Waals surface area contributed by atoms with Crippen LogP contribution in [0.4, 0.5) is 10.1 Å². The van der Waals surface area contributed by atoms with E-state index in [0.29, 0.717) is 30.2 Å². The Kier molecular flexibility index (Phi) is 7.53. The van der Waals surface area contributed by atoms with Crippen LogP contribution in [-0.4, -0.2) is 32.8 Å². The Bertz CT molecular complexity index is 1400. The molecule has 2 aromatic carbocycles. The topological polar surface area (TPSA) is 94.2 Å². The van der Waals surface area contributed by atoms with Crippen molar-refractivity contribution in [2.75, 3.05) is 5.73 Å². The highest BCUT2D eigenvalue weighted by Gasteiger charge is 2.26. The fraction of sp³-hybridized carbons (Fsp3) is 0.233. The quantitative estimate of drug-likeness (QED) is 0.187. The second-order valence-electron chi connectivity index (χ2n) is 9.38. The molecule has 0 amide bonds. The molecule has 7 heteroatoms. The Hall–Kier alpha value is -4.26. The SMILES string of the molecule is C=C/C=C(\C=N/C(C)C)C(=C)N1Cc2nc(C(=N)c3ccc(-c4cc(F)ccc4CC)cc3N)[nH]c2C1. The lowest BCUT2D eigenvalue weighted by Gasteiger charge is -2.21. The smallest absolute Gasteiger partial charge is 0.156 e. The van der Waals surface area contributed by atoms with E-state index in [-0.39, 0.29) is 17.6 Å². The number of aliphatic imine (C=N–C) groups is 1. The van der Waals surface area contributed by atoms with Gasteiger partial charge in [0.25, 0.3) is 0 Å². The molecule has 0 saturated carbocycles. The number of hydrogen-bond donors (Lipinski definition) is 3. The third-order valence-electron chi connectivity index (χ3n) is 6.40. The Labute approximate surface area is 217 Å². The van der Waals surface area contributed by atoms with Gasteiger partial charge in [-0.3, -0.25) is 10.4 Å². The zero-order valence-electron chi connectivity index (χ0n) is 21.6. The fourth-order valence-corrected chi connectivity index (χ4v) is 4.41. The van der Waals surface area contributed by atoms with Gasteiger partial charge >= 0.3 is 0 Å². The van der Waals surface area contributed by atoms with Crippen molar-refractivity contribution in [3.63, 3.8) is 0 Å². The number of hydrogen-bond acceptors (Lipinski definition) is 5. The molecule has 3 aromatic rings. The van der Waals surface area contributed by atoms with E-state index in [1.807, 2.05) is 39.1 Å². The number of halogens is 1. The molecule has 6 nitrogen and oxygen atoms in total. The molecule has 37 heavy (non-hydrogen) atoms. The molecule has 1 aliphatic heterocycles. The van der Waals surface area contributed by atoms with Crippen LogP contribution in [0, 0.1) is 11.2 Å². The average Bonchev–Trinajstić information content (AvgIpc) is 3.45. The normalized spacial score (nSPS) is 13.4. The van der Waals surface area contributed by atoms with Gasteiger partial charge in [-0.05, 0) is 55.2 Å². The summed E-state index contributed by atoms with van der Waals surface area (Å²) in [5, 5.41) is 8.76. The summed E-state index contributed by atoms with van der Waals surface area (Å²) in [6.07, 6.45) is 6.24. The van der Waals surface area contributed by atoms with Crippen molar-refractivity contribution in [2.45, 2.75) is 46.3 Å². The van der Waals surface area contributed by atoms with E-state index in [4.69, 9.17) is 16.1 Å². The molecule has 0 radical (unpaired) electrons. The zero-order chi connectivity index (χ0) is 26.7. The summed E-state index contributed by atoms with van der Waals surface area (Å²) in [5.74, 6) is 0.182. The predicted octanol–water partition coefficient (Wildman–Crippen LogP) is 6.20. The van der Waals surface area contributed by atoms with Crippen molar-refractivity contribution >= 4 is 17.6 Å². The summed E-state index contributed by atoms with van der Waals surface area (Å²) < 4.78 is 13.9. The number of nitrogens with zero attached hydrogens (tertiary/aromatic N) is 3. The highest BCUT2D eigenvalue weighted by molar-refractivity contribution is 6.12. The summed E-state index contributed by atoms with van der Waals surface area (Å²) in [4.78, 5) is 14.6. The predicted molar refractivity (Wildman–Crippen MR) is 150 cm³/mol. The molecule has 0 saturated heterocycles. The molecule has 1 aliphatic rings. The minimum atomic E-state index is -0.288. The van der Waals surface area contributed by atoms with Crippen molar-refractivity contribution < 1.29 is 4.39 Å². The van der Waals surface area contributed by atoms with Crippen molar-refractivity contribution in [3.8, 4) is 11.1 Å². The van der Waals surface area contributed by atoms with Gasteiger partial charge in [0.1, 0.15) is 11.5 Å². The van der Waals surface area contributed by atoms with Gasteiger partial charge in [-0.15, -0.1) is 0 Å². The highest BCUT2D eigenvalue weighted by Crippen LogP contribution is 2.31. The second-order valence-corrected chi connectivity index (χ2v) is 9.38. The first kappa shape index (κ1) is 25.8. The van der Waals surface area contributed by atoms with Crippen molar-refractivity contribution in [1.82, 2.24) is 14.9 Å². The lowest BCUT2D eigenvalue weighted by molar-refractivity contribution is 0.368. The van der Waals surface area contributed by atoms with Crippen LogP contribution in [0.25, 0.3) is 11.1 Å². The fourth-order valence-electron chi connectivity index (χ4n) is 4.41. The number of benzene rings is 2. The molecule has 2 heterocycles. The molecule has 190 valence electrons. The van der Waals surface area contributed by atoms with E-state index >= 15 is 0 Å². The minimum absolute atomic E-state index is 0.187. The molecule has 0 spiro atoms. The van der Waals surface area contributed by atoms with Crippen LogP contribution < -0.4 is 5.73 Å². The minimum Gasteiger partial charge on any atom is -0.398 e. The molecule has 1 aromatic heterocycles. The van der Waals surface area contributed by atoms with Crippen LogP contribution in [0.3, 0.4) is 0 Å². The number of H-pyrrole nitrogens is 1. The number of nitrogen functional groups attached to an aromatic ring is 1. The maximum atomic E-state index is 13.9. The van der Waals surface area contributed by atoms with E-state index < -0.39 is 0 Å². The number of allylic oxidation sites excluding steroid dienone is 3. The number of aryl methyl sites for hydroxylation is 1. The largest absolute Gasteiger partial charge is 0.398 e. The number of aromatic amines is 1. The van der Waals surface area contributed by atoms with Crippen LogP contribution >= 0.6 is 0 Å². The third kappa shape index (κ3) is 5.45. The van der Waals surface area contributed by atoms with Crippen LogP contribution in [0.1, 0.15) is 49.1 Å². The van der Waals surface area contributed by atoms with E-state index in [2.05, 4.69) is 28.0 Å². The standard InChI is InChI=1S/C30H33FN6/c1-6-8-22(15-34-18(3)4)19(5)37-16-27-28(17-37)36-30(35-27)29(33)24-12-10-21(13-26(24)32)25-14-23(31)11-9-20(25)7-2/h6,8-15,18,33H,1,5,7,16-17,32H2,2-4H3,(H,35,36)/b22-8+,33-29?,34-15-. The van der Waals surface area contributed by atoms with Gasteiger partial charge in [-0.25, -0.2) is 9.37 Å². The van der Waals surface area contributed by atoms with Crippen LogP contribution in [0.2, 0.25) is 0 Å². The lowest BCUT2D eigenvalue weighted by atomic mass is 9.95. The van der Waals surface area contributed by atoms with Crippen LogP contribution in [0.5, 0.6) is 0 Å². The Balaban J connectivity index is 1.52. The Morgan fingerprint density at radius 2 is 2.05 bits per heavy atom. The number of rotatable bonds is 9. The summed E-state index contributed by atoms with van der Waals surface area (Å²) >= 11 is 0. The second kappa shape index (κ2) is 10.8. The molecular weight excluding hydrogens is 463 g/mol. The van der Waals surface area contributed by atoms with Gasteiger partial charge in [-0.2, -0.15) is 0 Å². The number of fused-ring (bicyclic) bond motifs is 1. The summed E-state index contributed by atoms with van der Waals surface area (Å²) in [6.45, 7) is 15.3. The highest BCUT2D eigenvalue weighted by atomic mass is 19.1. The van der Waals surface area contributed by atoms with Gasteiger partial charge in [0.2, 0.25) is 0 Å². The first-order valence-electron chi connectivity index (χ1n) is 12.4. The molecule has 4 N–H and O–H groups in total. The van der Waals surface area contributed by atoms with Gasteiger partial charge in [0.15, 0.2) is 5.82 Å². The summed E-state index contributed by atoms with van der Waals surface area (Å²) in [7, 11) is 0. The Morgan fingerprint density at radius 1 is 1.27 bits per heavy atom. The van der Waals surface area contributed by atoms with Crippen molar-refractivity contribution in [2.24, 2.45) is 4.99 Å². The van der Waals surface area contributed by atoms with Gasteiger partial charge in [-0.1, -0.05) is 50.4 Å². The van der Waals surface area contributed by atoms with Crippen LogP contribution in [0.15, 0.2) is 78.0 Å². The number of anilines is 1. The number of imidazole rings is 1. The van der Waals surface area contributed by atoms with E-state index in [0.717, 1.165) is 45.8 Å². The van der Waals surface area contributed by atoms with Gasteiger partial charge in [0.05, 0.1) is 24.5 Å². The maximum absolute atomic E-state index is 13.9. The third-order valence-corrected chi connectivity index (χ3v) is 6.40. The molecule has 0 bridgehead atoms. The number of aromatic nitrogens is 2. The van der Waals surface area contributed by atoms with Gasteiger partial charge in [0, 0.05) is 34.8 Å². The molecular formula is C30H33FN6. The maximum Gasteiger partial charge on any atom is 0.156 e. The number of nitrogens with two attached hydrogens (primary N) is 1. The molecule has 0 aliphatic carbocycles. The first-order chi connectivity index (χ1) is 17.7. The molecule has 4 rings (SSSR count). The molecule has 0 fully saturated rings. The van der Waals surface area contributed by atoms with Crippen molar-refractivity contribution in [1.29, 1.82) is 5.41 Å². The number of nitrogens with one attached hydrogen (secondary N) is 2. The monoisotopic (exact) mass is 496 g/mol. The van der Waals surface area contributed by atoms with E-state index in [9.17, 15) is 4.39 Å². The van der Waals surface area contributed by atoms with E-state index in [1.165, 1.54) is 12.1 Å². The van der Waals surface area contributed by atoms with Crippen LogP contribution in [-0.2, 0) is 19.5 Å². The average molecular weight is 497 g/mol. The summed E-state index contributed by atoms with van der Waals surface area (Å²) in [5.41, 5.74) is 13.9. The van der Waals surface area contributed by atoms with E-state index in [1.54, 1.807) is 24.3 Å². The molecule has 0 unspecified atom stereocenters. The zero-order valence-corrected chi connectivity index (χ0v) is 21.6. The van der Waals surface area contributed by atoms with Gasteiger partial charge < -0.3 is 15.6 Å². The van der Waals surface area contributed by atoms with Crippen molar-refractivity contribution in [3.05, 3.63) is 107 Å². The lowest BCUT2D eigenvalue weighted by Crippen LogP contribution is -2.18. The first-order valence-corrected chi connectivity index (χ1v) is 12.4. The Morgan fingerprint density at radius 3 is 2.70 bits per heavy atom. The molecule has 0 atom stereocenters.